The average Bonchev–Trinajstić information content (AvgIpc) is 2.26. The zero-order chi connectivity index (χ0) is 14.6. The highest BCUT2D eigenvalue weighted by molar-refractivity contribution is 7.92. The van der Waals surface area contributed by atoms with E-state index in [9.17, 15) is 18.0 Å². The van der Waals surface area contributed by atoms with E-state index in [1.807, 2.05) is 0 Å². The van der Waals surface area contributed by atoms with Crippen LogP contribution < -0.4 is 0 Å². The molecule has 19 heavy (non-hydrogen) atoms. The fourth-order valence-electron chi connectivity index (χ4n) is 2.25. The molecule has 1 amide bonds. The van der Waals surface area contributed by atoms with Crippen LogP contribution in [0.15, 0.2) is 0 Å². The number of carboxylic acid groups (broad SMARTS) is 1. The van der Waals surface area contributed by atoms with E-state index in [4.69, 9.17) is 5.11 Å². The number of carbonyl (C=O) groups is 2. The minimum absolute atomic E-state index is 0.0189. The van der Waals surface area contributed by atoms with Gasteiger partial charge in [-0.2, -0.15) is 0 Å². The van der Waals surface area contributed by atoms with E-state index in [0.29, 0.717) is 19.4 Å². The zero-order valence-electron chi connectivity index (χ0n) is 11.3. The number of nitrogens with zero attached hydrogens (tertiary/aromatic N) is 1. The first kappa shape index (κ1) is 15.9. The third kappa shape index (κ3) is 5.18. The summed E-state index contributed by atoms with van der Waals surface area (Å²) in [7, 11) is -3.41. The van der Waals surface area contributed by atoms with Gasteiger partial charge in [-0.3, -0.25) is 9.59 Å². The van der Waals surface area contributed by atoms with E-state index in [2.05, 4.69) is 0 Å². The van der Waals surface area contributed by atoms with Crippen molar-refractivity contribution >= 4 is 21.7 Å². The minimum Gasteiger partial charge on any atom is -0.481 e. The Labute approximate surface area is 113 Å². The lowest BCUT2D eigenvalue weighted by Gasteiger charge is -2.30. The second-order valence-corrected chi connectivity index (χ2v) is 7.57. The van der Waals surface area contributed by atoms with Crippen LogP contribution in [-0.4, -0.2) is 54.9 Å². The Kier molecular flexibility index (Phi) is 5.34. The molecule has 0 aromatic heterocycles. The molecule has 0 radical (unpaired) electrons. The summed E-state index contributed by atoms with van der Waals surface area (Å²) in [6.07, 6.45) is 1.14. The Morgan fingerprint density at radius 1 is 1.37 bits per heavy atom. The van der Waals surface area contributed by atoms with Gasteiger partial charge in [-0.05, 0) is 18.8 Å². The number of rotatable bonds is 5. The Hall–Kier alpha value is -1.11. The predicted octanol–water partition coefficient (Wildman–Crippen LogP) is 0.380. The number of hydrogen-bond acceptors (Lipinski definition) is 4. The summed E-state index contributed by atoms with van der Waals surface area (Å²) in [4.78, 5) is 24.2. The topological polar surface area (TPSA) is 91.8 Å². The smallest absolute Gasteiger partial charge is 0.308 e. The van der Waals surface area contributed by atoms with Gasteiger partial charge >= 0.3 is 5.97 Å². The first-order valence-electron chi connectivity index (χ1n) is 6.42. The maximum atomic E-state index is 11.9. The third-order valence-electron chi connectivity index (χ3n) is 3.05. The molecule has 1 unspecified atom stereocenters. The molecular formula is C12H21NO5S. The van der Waals surface area contributed by atoms with Crippen LogP contribution in [0.3, 0.4) is 0 Å². The second-order valence-electron chi connectivity index (χ2n) is 5.47. The van der Waals surface area contributed by atoms with E-state index >= 15 is 0 Å². The lowest BCUT2D eigenvalue weighted by molar-refractivity contribution is -0.145. The van der Waals surface area contributed by atoms with Crippen molar-refractivity contribution in [2.24, 2.45) is 11.8 Å². The van der Waals surface area contributed by atoms with Crippen LogP contribution in [0.2, 0.25) is 0 Å². The van der Waals surface area contributed by atoms with Crippen LogP contribution in [-0.2, 0) is 19.4 Å². The Balaban J connectivity index is 2.61. The van der Waals surface area contributed by atoms with Gasteiger partial charge in [0.15, 0.2) is 9.84 Å². The van der Waals surface area contributed by atoms with Gasteiger partial charge < -0.3 is 10.0 Å². The van der Waals surface area contributed by atoms with Crippen LogP contribution >= 0.6 is 0 Å². The summed E-state index contributed by atoms with van der Waals surface area (Å²) in [6, 6.07) is 0. The van der Waals surface area contributed by atoms with Crippen molar-refractivity contribution < 1.29 is 23.1 Å². The molecule has 110 valence electrons. The van der Waals surface area contributed by atoms with Crippen LogP contribution in [0.25, 0.3) is 0 Å². The first-order valence-corrected chi connectivity index (χ1v) is 8.24. The summed E-state index contributed by atoms with van der Waals surface area (Å²) < 4.78 is 23.5. The molecule has 0 aromatic rings. The summed E-state index contributed by atoms with van der Waals surface area (Å²) >= 11 is 0. The molecule has 0 aromatic carbocycles. The van der Waals surface area contributed by atoms with E-state index in [1.54, 1.807) is 13.8 Å². The highest BCUT2D eigenvalue weighted by Gasteiger charge is 2.30. The second kappa shape index (κ2) is 6.36. The van der Waals surface area contributed by atoms with Gasteiger partial charge in [0.2, 0.25) is 5.91 Å². The van der Waals surface area contributed by atoms with Gasteiger partial charge in [-0.25, -0.2) is 8.42 Å². The van der Waals surface area contributed by atoms with Gasteiger partial charge in [0.25, 0.3) is 0 Å². The van der Waals surface area contributed by atoms with Crippen LogP contribution in [0.4, 0.5) is 0 Å². The summed E-state index contributed by atoms with van der Waals surface area (Å²) in [5.74, 6) is -2.54. The lowest BCUT2D eigenvalue weighted by Crippen LogP contribution is -2.44. The molecule has 7 heteroatoms. The van der Waals surface area contributed by atoms with E-state index in [1.165, 1.54) is 4.90 Å². The summed E-state index contributed by atoms with van der Waals surface area (Å²) in [5, 5.41) is 8.93. The molecule has 1 fully saturated rings. The zero-order valence-corrected chi connectivity index (χ0v) is 12.1. The normalized spacial score (nSPS) is 20.6. The van der Waals surface area contributed by atoms with Crippen molar-refractivity contribution in [2.45, 2.75) is 26.7 Å². The van der Waals surface area contributed by atoms with Gasteiger partial charge in [0.05, 0.1) is 11.7 Å². The maximum Gasteiger partial charge on any atom is 0.308 e. The Bertz CT molecular complexity index is 443. The highest BCUT2D eigenvalue weighted by atomic mass is 32.2. The fourth-order valence-corrected chi connectivity index (χ4v) is 3.94. The molecule has 1 N–H and O–H groups in total. The average molecular weight is 291 g/mol. The molecular weight excluding hydrogens is 270 g/mol. The van der Waals surface area contributed by atoms with Crippen molar-refractivity contribution in [1.29, 1.82) is 0 Å². The molecule has 1 atom stereocenters. The quantitative estimate of drug-likeness (QED) is 0.790. The fraction of sp³-hybridized carbons (Fsp3) is 0.833. The van der Waals surface area contributed by atoms with Crippen molar-refractivity contribution in [2.75, 3.05) is 24.6 Å². The van der Waals surface area contributed by atoms with Crippen LogP contribution in [0.5, 0.6) is 0 Å². The van der Waals surface area contributed by atoms with Crippen LogP contribution in [0, 0.1) is 11.8 Å². The molecule has 1 heterocycles. The number of carboxylic acids is 1. The number of hydrogen-bond donors (Lipinski definition) is 1. The monoisotopic (exact) mass is 291 g/mol. The molecule has 0 spiro atoms. The molecule has 0 aliphatic carbocycles. The predicted molar refractivity (Wildman–Crippen MR) is 70.4 cm³/mol. The standard InChI is InChI=1S/C12H21NO5S/c1-9(2)7-19(17,18)8-11(14)13-5-3-4-10(6-13)12(15)16/h9-10H,3-8H2,1-2H3,(H,15,16). The van der Waals surface area contributed by atoms with Gasteiger partial charge in [-0.1, -0.05) is 13.8 Å². The molecule has 0 saturated carbocycles. The van der Waals surface area contributed by atoms with Gasteiger partial charge in [0, 0.05) is 13.1 Å². The number of sulfone groups is 1. The summed E-state index contributed by atoms with van der Waals surface area (Å²) in [6.45, 7) is 4.12. The number of aliphatic carboxylic acids is 1. The van der Waals surface area contributed by atoms with Crippen molar-refractivity contribution in [3.8, 4) is 0 Å². The molecule has 6 nitrogen and oxygen atoms in total. The third-order valence-corrected chi connectivity index (χ3v) is 4.92. The maximum absolute atomic E-state index is 11.9. The number of carbonyl (C=O) groups excluding carboxylic acids is 1. The van der Waals surface area contributed by atoms with E-state index in [-0.39, 0.29) is 18.2 Å². The first-order chi connectivity index (χ1) is 8.71. The minimum atomic E-state index is -3.41. The highest BCUT2D eigenvalue weighted by Crippen LogP contribution is 2.17. The van der Waals surface area contributed by atoms with Crippen molar-refractivity contribution in [1.82, 2.24) is 4.90 Å². The molecule has 1 saturated heterocycles. The number of likely N-dealkylation sites (tertiary alicyclic amines) is 1. The molecule has 1 aliphatic rings. The Morgan fingerprint density at radius 2 is 2.00 bits per heavy atom. The van der Waals surface area contributed by atoms with Crippen molar-refractivity contribution in [3.63, 3.8) is 0 Å². The van der Waals surface area contributed by atoms with Crippen LogP contribution in [0.1, 0.15) is 26.7 Å². The lowest BCUT2D eigenvalue weighted by atomic mass is 9.98. The number of amides is 1. The SMILES string of the molecule is CC(C)CS(=O)(=O)CC(=O)N1CCCC(C(=O)O)C1. The van der Waals surface area contributed by atoms with E-state index in [0.717, 1.165) is 0 Å². The summed E-state index contributed by atoms with van der Waals surface area (Å²) in [5.41, 5.74) is 0. The Morgan fingerprint density at radius 3 is 2.53 bits per heavy atom. The van der Waals surface area contributed by atoms with Gasteiger partial charge in [-0.15, -0.1) is 0 Å². The number of piperidine rings is 1. The van der Waals surface area contributed by atoms with Crippen molar-refractivity contribution in [3.05, 3.63) is 0 Å². The largest absolute Gasteiger partial charge is 0.481 e. The molecule has 1 rings (SSSR count). The van der Waals surface area contributed by atoms with Gasteiger partial charge in [0.1, 0.15) is 5.75 Å². The molecule has 1 aliphatic heterocycles. The van der Waals surface area contributed by atoms with E-state index < -0.39 is 33.4 Å². The molecule has 0 bridgehead atoms.